The SMILES string of the molecule is CCCc1ccc(OCC(=O)NN=Cc2ccc(OC(=O)c3ccccc3I)cc2)cc1. The van der Waals surface area contributed by atoms with E-state index < -0.39 is 5.97 Å². The number of ether oxygens (including phenoxy) is 2. The minimum atomic E-state index is -0.413. The second-order valence-corrected chi connectivity index (χ2v) is 8.08. The number of halogens is 1. The van der Waals surface area contributed by atoms with E-state index in [1.165, 1.54) is 11.8 Å². The Kier molecular flexibility index (Phi) is 8.79. The van der Waals surface area contributed by atoms with Crippen LogP contribution in [-0.4, -0.2) is 24.7 Å². The minimum Gasteiger partial charge on any atom is -0.484 e. The van der Waals surface area contributed by atoms with Gasteiger partial charge in [0.05, 0.1) is 11.8 Å². The summed E-state index contributed by atoms with van der Waals surface area (Å²) in [6.45, 7) is 2.00. The molecule has 6 nitrogen and oxygen atoms in total. The van der Waals surface area contributed by atoms with E-state index in [0.29, 0.717) is 17.1 Å². The molecule has 0 radical (unpaired) electrons. The minimum absolute atomic E-state index is 0.127. The van der Waals surface area contributed by atoms with Crippen LogP contribution in [0.1, 0.15) is 34.8 Å². The fraction of sp³-hybridized carbons (Fsp3) is 0.160. The van der Waals surface area contributed by atoms with E-state index >= 15 is 0 Å². The first-order chi connectivity index (χ1) is 15.5. The van der Waals surface area contributed by atoms with Crippen molar-refractivity contribution in [2.75, 3.05) is 6.61 Å². The van der Waals surface area contributed by atoms with Crippen LogP contribution in [0.2, 0.25) is 0 Å². The van der Waals surface area contributed by atoms with E-state index in [0.717, 1.165) is 22.0 Å². The number of aryl methyl sites for hydroxylation is 1. The monoisotopic (exact) mass is 542 g/mol. The van der Waals surface area contributed by atoms with Crippen molar-refractivity contribution in [3.05, 3.63) is 93.1 Å². The molecule has 0 saturated carbocycles. The van der Waals surface area contributed by atoms with Crippen molar-refractivity contribution in [1.82, 2.24) is 5.43 Å². The molecule has 164 valence electrons. The highest BCUT2D eigenvalue weighted by molar-refractivity contribution is 14.1. The van der Waals surface area contributed by atoms with Gasteiger partial charge in [0.1, 0.15) is 11.5 Å². The highest BCUT2D eigenvalue weighted by Crippen LogP contribution is 2.17. The molecule has 3 aromatic carbocycles. The van der Waals surface area contributed by atoms with E-state index in [1.807, 2.05) is 36.4 Å². The van der Waals surface area contributed by atoms with Crippen molar-refractivity contribution in [3.8, 4) is 11.5 Å². The molecule has 7 heteroatoms. The topological polar surface area (TPSA) is 77.0 Å². The van der Waals surface area contributed by atoms with Crippen LogP contribution in [0.15, 0.2) is 77.9 Å². The maximum Gasteiger partial charge on any atom is 0.344 e. The van der Waals surface area contributed by atoms with Crippen LogP contribution < -0.4 is 14.9 Å². The number of nitrogens with zero attached hydrogens (tertiary/aromatic N) is 1. The molecule has 0 bridgehead atoms. The zero-order valence-electron chi connectivity index (χ0n) is 17.6. The molecule has 1 amide bonds. The number of amides is 1. The van der Waals surface area contributed by atoms with Gasteiger partial charge in [-0.15, -0.1) is 0 Å². The number of carbonyl (C=O) groups is 2. The van der Waals surface area contributed by atoms with E-state index in [1.54, 1.807) is 36.4 Å². The van der Waals surface area contributed by atoms with Crippen molar-refractivity contribution in [2.45, 2.75) is 19.8 Å². The number of rotatable bonds is 9. The molecule has 0 aliphatic heterocycles. The number of hydrogen-bond donors (Lipinski definition) is 1. The largest absolute Gasteiger partial charge is 0.484 e. The second-order valence-electron chi connectivity index (χ2n) is 6.91. The molecule has 0 unspecified atom stereocenters. The Labute approximate surface area is 200 Å². The smallest absolute Gasteiger partial charge is 0.344 e. The second kappa shape index (κ2) is 12.0. The molecule has 0 heterocycles. The Morgan fingerprint density at radius 1 is 0.969 bits per heavy atom. The average Bonchev–Trinajstić information content (AvgIpc) is 2.80. The van der Waals surface area contributed by atoms with Gasteiger partial charge in [0.15, 0.2) is 6.61 Å². The van der Waals surface area contributed by atoms with Gasteiger partial charge in [0.25, 0.3) is 5.91 Å². The summed E-state index contributed by atoms with van der Waals surface area (Å²) in [5.74, 6) is 0.291. The molecule has 3 aromatic rings. The van der Waals surface area contributed by atoms with Gasteiger partial charge in [-0.2, -0.15) is 5.10 Å². The third-order valence-corrected chi connectivity index (χ3v) is 5.36. The van der Waals surface area contributed by atoms with Crippen molar-refractivity contribution in [1.29, 1.82) is 0 Å². The van der Waals surface area contributed by atoms with E-state index in [4.69, 9.17) is 9.47 Å². The Morgan fingerprint density at radius 2 is 1.66 bits per heavy atom. The van der Waals surface area contributed by atoms with Crippen LogP contribution in [0.25, 0.3) is 0 Å². The predicted molar refractivity (Wildman–Crippen MR) is 132 cm³/mol. The van der Waals surface area contributed by atoms with Gasteiger partial charge in [-0.1, -0.05) is 37.6 Å². The van der Waals surface area contributed by atoms with E-state index in [9.17, 15) is 9.59 Å². The highest BCUT2D eigenvalue weighted by Gasteiger charge is 2.11. The fourth-order valence-corrected chi connectivity index (χ4v) is 3.42. The van der Waals surface area contributed by atoms with Gasteiger partial charge in [-0.3, -0.25) is 4.79 Å². The van der Waals surface area contributed by atoms with Crippen LogP contribution in [-0.2, 0) is 11.2 Å². The molecule has 0 fully saturated rings. The first kappa shape index (κ1) is 23.5. The molecular formula is C25H23IN2O4. The molecule has 0 atom stereocenters. The van der Waals surface area contributed by atoms with E-state index in [-0.39, 0.29) is 12.5 Å². The summed E-state index contributed by atoms with van der Waals surface area (Å²) >= 11 is 2.10. The summed E-state index contributed by atoms with van der Waals surface area (Å²) in [6.07, 6.45) is 3.61. The molecule has 1 N–H and O–H groups in total. The van der Waals surface area contributed by atoms with Gasteiger partial charge in [0, 0.05) is 3.57 Å². The molecule has 0 aliphatic rings. The average molecular weight is 542 g/mol. The Hall–Kier alpha value is -3.20. The normalized spacial score (nSPS) is 10.7. The van der Waals surface area contributed by atoms with Gasteiger partial charge in [-0.05, 0) is 88.7 Å². The first-order valence-electron chi connectivity index (χ1n) is 10.2. The number of esters is 1. The van der Waals surface area contributed by atoms with Crippen molar-refractivity contribution < 1.29 is 19.1 Å². The summed E-state index contributed by atoms with van der Waals surface area (Å²) in [5.41, 5.74) is 4.92. The maximum absolute atomic E-state index is 12.3. The number of hydrazone groups is 1. The summed E-state index contributed by atoms with van der Waals surface area (Å²) in [4.78, 5) is 24.2. The van der Waals surface area contributed by atoms with Gasteiger partial charge < -0.3 is 9.47 Å². The summed E-state index contributed by atoms with van der Waals surface area (Å²) < 4.78 is 11.7. The molecule has 0 saturated heterocycles. The zero-order chi connectivity index (χ0) is 22.8. The molecule has 0 spiro atoms. The molecule has 3 rings (SSSR count). The summed E-state index contributed by atoms with van der Waals surface area (Å²) in [5, 5.41) is 3.93. The summed E-state index contributed by atoms with van der Waals surface area (Å²) in [6, 6.07) is 21.7. The Balaban J connectivity index is 1.44. The Morgan fingerprint density at radius 3 is 2.34 bits per heavy atom. The van der Waals surface area contributed by atoms with Gasteiger partial charge in [0.2, 0.25) is 0 Å². The standard InChI is InChI=1S/C25H23IN2O4/c1-2-5-18-8-12-20(13-9-18)31-17-24(29)28-27-16-19-10-14-21(15-11-19)32-25(30)22-6-3-4-7-23(22)26/h3-4,6-16H,2,5,17H2,1H3,(H,28,29). The van der Waals surface area contributed by atoms with Crippen molar-refractivity contribution in [2.24, 2.45) is 5.10 Å². The van der Waals surface area contributed by atoms with Crippen LogP contribution in [0, 0.1) is 3.57 Å². The number of nitrogens with one attached hydrogen (secondary N) is 1. The van der Waals surface area contributed by atoms with Gasteiger partial charge >= 0.3 is 5.97 Å². The molecule has 32 heavy (non-hydrogen) atoms. The fourth-order valence-electron chi connectivity index (χ4n) is 2.81. The number of carbonyl (C=O) groups excluding carboxylic acids is 2. The lowest BCUT2D eigenvalue weighted by molar-refractivity contribution is -0.123. The molecular weight excluding hydrogens is 519 g/mol. The van der Waals surface area contributed by atoms with Crippen LogP contribution in [0.5, 0.6) is 11.5 Å². The third kappa shape index (κ3) is 7.19. The van der Waals surface area contributed by atoms with E-state index in [2.05, 4.69) is 40.0 Å². The lowest BCUT2D eigenvalue weighted by Crippen LogP contribution is -2.24. The molecule has 0 aliphatic carbocycles. The number of hydrogen-bond acceptors (Lipinski definition) is 5. The Bertz CT molecular complexity index is 1080. The zero-order valence-corrected chi connectivity index (χ0v) is 19.7. The first-order valence-corrected chi connectivity index (χ1v) is 11.2. The molecule has 0 aromatic heterocycles. The van der Waals surface area contributed by atoms with Gasteiger partial charge in [-0.25, -0.2) is 10.2 Å². The third-order valence-electron chi connectivity index (χ3n) is 4.42. The van der Waals surface area contributed by atoms with Crippen LogP contribution >= 0.6 is 22.6 Å². The van der Waals surface area contributed by atoms with Crippen LogP contribution in [0.4, 0.5) is 0 Å². The number of benzene rings is 3. The van der Waals surface area contributed by atoms with Crippen LogP contribution in [0.3, 0.4) is 0 Å². The summed E-state index contributed by atoms with van der Waals surface area (Å²) in [7, 11) is 0. The predicted octanol–water partition coefficient (Wildman–Crippen LogP) is 4.99. The lowest BCUT2D eigenvalue weighted by Gasteiger charge is -2.06. The van der Waals surface area contributed by atoms with Crippen molar-refractivity contribution in [3.63, 3.8) is 0 Å². The maximum atomic E-state index is 12.3. The highest BCUT2D eigenvalue weighted by atomic mass is 127. The lowest BCUT2D eigenvalue weighted by atomic mass is 10.1. The quantitative estimate of drug-likeness (QED) is 0.136. The van der Waals surface area contributed by atoms with Crippen molar-refractivity contribution >= 4 is 40.7 Å².